The van der Waals surface area contributed by atoms with Crippen molar-refractivity contribution in [2.24, 2.45) is 0 Å². The molecule has 116 valence electrons. The summed E-state index contributed by atoms with van der Waals surface area (Å²) in [5.74, 6) is 0. The van der Waals surface area contributed by atoms with Crippen molar-refractivity contribution in [1.82, 2.24) is 19.4 Å². The van der Waals surface area contributed by atoms with Crippen LogP contribution in [0.15, 0.2) is 4.90 Å². The predicted molar refractivity (Wildman–Crippen MR) is 76.8 cm³/mol. The van der Waals surface area contributed by atoms with Gasteiger partial charge in [-0.3, -0.25) is 5.10 Å². The summed E-state index contributed by atoms with van der Waals surface area (Å²) in [6, 6.07) is -0.166. The van der Waals surface area contributed by atoms with Crippen molar-refractivity contribution in [2.75, 3.05) is 27.2 Å². The van der Waals surface area contributed by atoms with Crippen LogP contribution in [0.2, 0.25) is 0 Å². The van der Waals surface area contributed by atoms with Gasteiger partial charge in [0, 0.05) is 19.1 Å². The molecule has 0 bridgehead atoms. The summed E-state index contributed by atoms with van der Waals surface area (Å²) in [5, 5.41) is 15.7. The van der Waals surface area contributed by atoms with Crippen LogP contribution in [-0.2, 0) is 16.6 Å². The molecular formula is C12H24N4O3S. The maximum absolute atomic E-state index is 12.8. The lowest BCUT2D eigenvalue weighted by Crippen LogP contribution is -2.43. The molecule has 0 saturated carbocycles. The Balaban J connectivity index is 3.21. The van der Waals surface area contributed by atoms with Crippen molar-refractivity contribution in [2.45, 2.75) is 38.3 Å². The van der Waals surface area contributed by atoms with Crippen molar-refractivity contribution < 1.29 is 13.5 Å². The van der Waals surface area contributed by atoms with E-state index in [1.54, 1.807) is 13.8 Å². The molecule has 1 aromatic rings. The minimum absolute atomic E-state index is 0.0902. The number of hydrogen-bond donors (Lipinski definition) is 2. The van der Waals surface area contributed by atoms with E-state index in [0.29, 0.717) is 18.8 Å². The Morgan fingerprint density at radius 2 is 2.00 bits per heavy atom. The average Bonchev–Trinajstić information content (AvgIpc) is 2.70. The number of H-pyrrole nitrogens is 1. The van der Waals surface area contributed by atoms with Crippen LogP contribution in [0.4, 0.5) is 0 Å². The number of sulfonamides is 1. The number of aromatic amines is 1. The van der Waals surface area contributed by atoms with E-state index in [0.717, 1.165) is 0 Å². The van der Waals surface area contributed by atoms with E-state index in [-0.39, 0.29) is 16.6 Å². The SMILES string of the molecule is CCN(C(C)CN(C)C)S(=O)(=O)c1c(CO)n[nH]c1C. The van der Waals surface area contributed by atoms with Gasteiger partial charge in [0.15, 0.2) is 0 Å². The topological polar surface area (TPSA) is 89.5 Å². The number of aliphatic hydroxyl groups is 1. The lowest BCUT2D eigenvalue weighted by Gasteiger charge is -2.29. The normalized spacial score (nSPS) is 14.2. The maximum atomic E-state index is 12.8. The van der Waals surface area contributed by atoms with E-state index in [1.807, 2.05) is 25.9 Å². The van der Waals surface area contributed by atoms with Crippen molar-refractivity contribution in [3.8, 4) is 0 Å². The van der Waals surface area contributed by atoms with Gasteiger partial charge in [-0.2, -0.15) is 9.40 Å². The van der Waals surface area contributed by atoms with Gasteiger partial charge in [0.1, 0.15) is 10.6 Å². The fourth-order valence-corrected chi connectivity index (χ4v) is 4.33. The van der Waals surface area contributed by atoms with Crippen molar-refractivity contribution in [1.29, 1.82) is 0 Å². The Kier molecular flexibility index (Phi) is 5.69. The minimum Gasteiger partial charge on any atom is -0.390 e. The van der Waals surface area contributed by atoms with E-state index in [9.17, 15) is 13.5 Å². The van der Waals surface area contributed by atoms with Gasteiger partial charge in [0.25, 0.3) is 0 Å². The second-order valence-electron chi connectivity index (χ2n) is 5.10. The lowest BCUT2D eigenvalue weighted by molar-refractivity contribution is 0.265. The largest absolute Gasteiger partial charge is 0.390 e. The molecule has 0 amide bonds. The van der Waals surface area contributed by atoms with E-state index in [4.69, 9.17) is 0 Å². The van der Waals surface area contributed by atoms with Gasteiger partial charge in [-0.05, 0) is 27.9 Å². The summed E-state index contributed by atoms with van der Waals surface area (Å²) in [6.07, 6.45) is 0. The second-order valence-corrected chi connectivity index (χ2v) is 6.93. The molecule has 1 unspecified atom stereocenters. The van der Waals surface area contributed by atoms with Crippen LogP contribution in [0.3, 0.4) is 0 Å². The van der Waals surface area contributed by atoms with Crippen LogP contribution in [0.5, 0.6) is 0 Å². The Hall–Kier alpha value is -0.960. The Labute approximate surface area is 120 Å². The molecule has 7 nitrogen and oxygen atoms in total. The fraction of sp³-hybridized carbons (Fsp3) is 0.750. The van der Waals surface area contributed by atoms with E-state index < -0.39 is 16.6 Å². The number of aryl methyl sites for hydroxylation is 1. The van der Waals surface area contributed by atoms with Crippen LogP contribution < -0.4 is 0 Å². The van der Waals surface area contributed by atoms with Crippen molar-refractivity contribution >= 4 is 10.0 Å². The zero-order valence-corrected chi connectivity index (χ0v) is 13.5. The smallest absolute Gasteiger partial charge is 0.247 e. The molecule has 20 heavy (non-hydrogen) atoms. The van der Waals surface area contributed by atoms with Gasteiger partial charge in [-0.1, -0.05) is 6.92 Å². The van der Waals surface area contributed by atoms with Crippen LogP contribution >= 0.6 is 0 Å². The second kappa shape index (κ2) is 6.66. The minimum atomic E-state index is -3.67. The first-order chi connectivity index (χ1) is 9.25. The third-order valence-corrected chi connectivity index (χ3v) is 5.40. The molecule has 0 saturated heterocycles. The van der Waals surface area contributed by atoms with Gasteiger partial charge >= 0.3 is 0 Å². The Bertz CT molecular complexity index is 539. The molecule has 1 heterocycles. The Morgan fingerprint density at radius 1 is 1.40 bits per heavy atom. The predicted octanol–water partition coefficient (Wildman–Crippen LogP) is 0.171. The molecule has 1 atom stereocenters. The van der Waals surface area contributed by atoms with Crippen molar-refractivity contribution in [3.63, 3.8) is 0 Å². The van der Waals surface area contributed by atoms with E-state index in [2.05, 4.69) is 10.2 Å². The summed E-state index contributed by atoms with van der Waals surface area (Å²) in [4.78, 5) is 2.03. The summed E-state index contributed by atoms with van der Waals surface area (Å²) in [7, 11) is 0.131. The monoisotopic (exact) mass is 304 g/mol. The zero-order valence-electron chi connectivity index (χ0n) is 12.7. The van der Waals surface area contributed by atoms with Gasteiger partial charge in [0.2, 0.25) is 10.0 Å². The average molecular weight is 304 g/mol. The molecule has 0 aliphatic rings. The van der Waals surface area contributed by atoms with Crippen LogP contribution in [0.25, 0.3) is 0 Å². The zero-order chi connectivity index (χ0) is 15.5. The van der Waals surface area contributed by atoms with E-state index >= 15 is 0 Å². The first-order valence-corrected chi connectivity index (χ1v) is 8.00. The lowest BCUT2D eigenvalue weighted by atomic mass is 10.3. The summed E-state index contributed by atoms with van der Waals surface area (Å²) in [5.41, 5.74) is 0.613. The molecule has 0 aliphatic heterocycles. The summed E-state index contributed by atoms with van der Waals surface area (Å²) >= 11 is 0. The number of hydrogen-bond acceptors (Lipinski definition) is 5. The number of nitrogens with zero attached hydrogens (tertiary/aromatic N) is 3. The van der Waals surface area contributed by atoms with Crippen LogP contribution in [-0.4, -0.2) is 66.2 Å². The van der Waals surface area contributed by atoms with Gasteiger partial charge in [-0.25, -0.2) is 8.42 Å². The van der Waals surface area contributed by atoms with Crippen LogP contribution in [0, 0.1) is 6.92 Å². The Morgan fingerprint density at radius 3 is 2.45 bits per heavy atom. The quantitative estimate of drug-likeness (QED) is 0.749. The highest BCUT2D eigenvalue weighted by Crippen LogP contribution is 2.24. The molecule has 2 N–H and O–H groups in total. The third kappa shape index (κ3) is 3.38. The fourth-order valence-electron chi connectivity index (χ4n) is 2.37. The molecule has 0 radical (unpaired) electrons. The highest BCUT2D eigenvalue weighted by atomic mass is 32.2. The standard InChI is InChI=1S/C12H24N4O3S/c1-6-16(9(2)7-15(4)5)20(18,19)12-10(3)13-14-11(12)8-17/h9,17H,6-8H2,1-5H3,(H,13,14). The molecule has 0 fully saturated rings. The molecular weight excluding hydrogens is 280 g/mol. The molecule has 1 rings (SSSR count). The summed E-state index contributed by atoms with van der Waals surface area (Å²) < 4.78 is 27.0. The van der Waals surface area contributed by atoms with E-state index in [1.165, 1.54) is 4.31 Å². The highest BCUT2D eigenvalue weighted by molar-refractivity contribution is 7.89. The van der Waals surface area contributed by atoms with Gasteiger partial charge < -0.3 is 10.0 Å². The third-order valence-electron chi connectivity index (χ3n) is 3.11. The van der Waals surface area contributed by atoms with Crippen molar-refractivity contribution in [3.05, 3.63) is 11.4 Å². The van der Waals surface area contributed by atoms with Gasteiger partial charge in [0.05, 0.1) is 12.3 Å². The molecule has 8 heteroatoms. The van der Waals surface area contributed by atoms with Crippen LogP contribution in [0.1, 0.15) is 25.2 Å². The summed E-state index contributed by atoms with van der Waals surface area (Å²) in [6.45, 7) is 5.90. The number of nitrogens with one attached hydrogen (secondary N) is 1. The highest BCUT2D eigenvalue weighted by Gasteiger charge is 2.32. The number of rotatable bonds is 7. The first-order valence-electron chi connectivity index (χ1n) is 6.56. The number of likely N-dealkylation sites (N-methyl/N-ethyl adjacent to an activating group) is 2. The maximum Gasteiger partial charge on any atom is 0.247 e. The molecule has 0 aromatic carbocycles. The van der Waals surface area contributed by atoms with Gasteiger partial charge in [-0.15, -0.1) is 0 Å². The number of aromatic nitrogens is 2. The number of aliphatic hydroxyl groups excluding tert-OH is 1. The molecule has 0 aliphatic carbocycles. The first kappa shape index (κ1) is 17.1. The molecule has 0 spiro atoms. The molecule has 1 aromatic heterocycles.